The molecule has 6 nitrogen and oxygen atoms in total. The first-order valence-electron chi connectivity index (χ1n) is 10.5. The van der Waals surface area contributed by atoms with E-state index in [1.165, 1.54) is 36.1 Å². The molecule has 0 unspecified atom stereocenters. The van der Waals surface area contributed by atoms with Crippen LogP contribution in [0.5, 0.6) is 11.5 Å². The summed E-state index contributed by atoms with van der Waals surface area (Å²) in [5, 5.41) is 8.06. The van der Waals surface area contributed by atoms with Gasteiger partial charge in [0.15, 0.2) is 17.5 Å². The Balaban J connectivity index is 0.00000256. The van der Waals surface area contributed by atoms with Crippen LogP contribution < -0.4 is 20.1 Å². The number of benzene rings is 1. The van der Waals surface area contributed by atoms with Crippen molar-refractivity contribution in [2.75, 3.05) is 26.8 Å². The van der Waals surface area contributed by atoms with Crippen LogP contribution in [0.1, 0.15) is 48.1 Å². The number of aliphatic imine (C=N–C) groups is 1. The second-order valence-electron chi connectivity index (χ2n) is 7.70. The molecule has 1 aromatic carbocycles. The zero-order valence-corrected chi connectivity index (χ0v) is 20.8. The summed E-state index contributed by atoms with van der Waals surface area (Å²) in [6.07, 6.45) is 7.84. The van der Waals surface area contributed by atoms with Crippen molar-refractivity contribution < 1.29 is 9.47 Å². The summed E-state index contributed by atoms with van der Waals surface area (Å²) in [4.78, 5) is 10.2. The van der Waals surface area contributed by atoms with E-state index in [-0.39, 0.29) is 29.4 Å². The molecule has 1 fully saturated rings. The van der Waals surface area contributed by atoms with E-state index < -0.39 is 0 Å². The third-order valence-electron chi connectivity index (χ3n) is 5.89. The first-order chi connectivity index (χ1) is 14.2. The van der Waals surface area contributed by atoms with E-state index in [1.807, 2.05) is 13.2 Å². The Hall–Kier alpha value is -1.55. The van der Waals surface area contributed by atoms with Crippen molar-refractivity contribution in [3.05, 3.63) is 39.8 Å². The summed E-state index contributed by atoms with van der Waals surface area (Å²) in [5.41, 5.74) is 1.43. The van der Waals surface area contributed by atoms with Crippen LogP contribution in [-0.4, -0.2) is 37.7 Å². The van der Waals surface area contributed by atoms with Crippen molar-refractivity contribution >= 4 is 41.3 Å². The van der Waals surface area contributed by atoms with E-state index in [0.29, 0.717) is 19.8 Å². The lowest BCUT2D eigenvalue weighted by molar-refractivity contribution is 0.171. The standard InChI is InChI=1S/C22H30N4O2S.HI/c1-3-17-13-24-20(29-17)14-25-21(23-2)26-15-22(8-4-5-9-22)16-6-7-18-19(12-16)28-11-10-27-18;/h6-7,12-13H,3-5,8-11,14-15H2,1-2H3,(H2,23,25,26);1H. The minimum atomic E-state index is 0. The first-order valence-corrected chi connectivity index (χ1v) is 11.3. The highest BCUT2D eigenvalue weighted by Gasteiger charge is 2.36. The largest absolute Gasteiger partial charge is 0.486 e. The number of nitrogens with zero attached hydrogens (tertiary/aromatic N) is 2. The quantitative estimate of drug-likeness (QED) is 0.324. The number of rotatable bonds is 6. The van der Waals surface area contributed by atoms with Crippen molar-refractivity contribution in [2.24, 2.45) is 4.99 Å². The summed E-state index contributed by atoms with van der Waals surface area (Å²) in [6, 6.07) is 6.45. The molecule has 8 heteroatoms. The van der Waals surface area contributed by atoms with Crippen molar-refractivity contribution in [3.63, 3.8) is 0 Å². The molecule has 2 aromatic rings. The topological polar surface area (TPSA) is 67.8 Å². The van der Waals surface area contributed by atoms with Gasteiger partial charge in [0.2, 0.25) is 0 Å². The number of aryl methyl sites for hydroxylation is 1. The monoisotopic (exact) mass is 542 g/mol. The van der Waals surface area contributed by atoms with Crippen molar-refractivity contribution in [3.8, 4) is 11.5 Å². The van der Waals surface area contributed by atoms with Crippen molar-refractivity contribution in [1.29, 1.82) is 0 Å². The lowest BCUT2D eigenvalue weighted by Crippen LogP contribution is -2.44. The van der Waals surface area contributed by atoms with Crippen molar-refractivity contribution in [2.45, 2.75) is 51.0 Å². The number of fused-ring (bicyclic) bond motifs is 1. The van der Waals surface area contributed by atoms with Gasteiger partial charge in [-0.05, 0) is 37.0 Å². The van der Waals surface area contributed by atoms with E-state index >= 15 is 0 Å². The van der Waals surface area contributed by atoms with Crippen LogP contribution in [0.25, 0.3) is 0 Å². The Morgan fingerprint density at radius 2 is 1.93 bits per heavy atom. The number of guanidine groups is 1. The van der Waals surface area contributed by atoms with Crippen LogP contribution in [0.15, 0.2) is 29.4 Å². The summed E-state index contributed by atoms with van der Waals surface area (Å²) in [5.74, 6) is 2.55. The van der Waals surface area contributed by atoms with Crippen LogP contribution in [0.3, 0.4) is 0 Å². The molecule has 1 saturated carbocycles. The van der Waals surface area contributed by atoms with Gasteiger partial charge in [-0.2, -0.15) is 0 Å². The van der Waals surface area contributed by atoms with E-state index in [9.17, 15) is 0 Å². The van der Waals surface area contributed by atoms with E-state index in [0.717, 1.165) is 35.4 Å². The number of thiazole rings is 1. The fourth-order valence-corrected chi connectivity index (χ4v) is 5.02. The molecule has 30 heavy (non-hydrogen) atoms. The number of hydrogen-bond acceptors (Lipinski definition) is 5. The average molecular weight is 542 g/mol. The van der Waals surface area contributed by atoms with Crippen molar-refractivity contribution in [1.82, 2.24) is 15.6 Å². The van der Waals surface area contributed by atoms with Gasteiger partial charge >= 0.3 is 0 Å². The number of ether oxygens (including phenoxy) is 2. The van der Waals surface area contributed by atoms with E-state index in [1.54, 1.807) is 11.3 Å². The number of aromatic nitrogens is 1. The molecule has 0 atom stereocenters. The Kier molecular flexibility index (Phi) is 8.21. The maximum atomic E-state index is 5.83. The second kappa shape index (κ2) is 10.7. The molecule has 0 bridgehead atoms. The van der Waals surface area contributed by atoms with Gasteiger partial charge in [-0.1, -0.05) is 25.8 Å². The van der Waals surface area contributed by atoms with Gasteiger partial charge in [0, 0.05) is 30.1 Å². The normalized spacial score (nSPS) is 17.3. The van der Waals surface area contributed by atoms with Crippen LogP contribution in [0, 0.1) is 0 Å². The summed E-state index contributed by atoms with van der Waals surface area (Å²) in [6.45, 7) is 4.95. The Bertz CT molecular complexity index is 865. The van der Waals surface area contributed by atoms with Gasteiger partial charge < -0.3 is 20.1 Å². The third kappa shape index (κ3) is 5.19. The molecule has 2 aliphatic rings. The van der Waals surface area contributed by atoms with Gasteiger partial charge in [-0.25, -0.2) is 4.98 Å². The van der Waals surface area contributed by atoms with E-state index in [2.05, 4.69) is 45.7 Å². The summed E-state index contributed by atoms with van der Waals surface area (Å²) in [7, 11) is 1.82. The highest BCUT2D eigenvalue weighted by atomic mass is 127. The zero-order valence-electron chi connectivity index (χ0n) is 17.7. The average Bonchev–Trinajstić information content (AvgIpc) is 3.44. The van der Waals surface area contributed by atoms with Crippen LogP contribution in [-0.2, 0) is 18.4 Å². The molecule has 1 aliphatic heterocycles. The Labute approximate surface area is 199 Å². The lowest BCUT2D eigenvalue weighted by Gasteiger charge is -2.32. The molecule has 1 aliphatic carbocycles. The predicted octanol–water partition coefficient (Wildman–Crippen LogP) is 4.27. The molecule has 2 N–H and O–H groups in total. The number of halogens is 1. The van der Waals surface area contributed by atoms with E-state index in [4.69, 9.17) is 9.47 Å². The predicted molar refractivity (Wildman–Crippen MR) is 133 cm³/mol. The van der Waals surface area contributed by atoms with Gasteiger partial charge in [-0.3, -0.25) is 4.99 Å². The van der Waals surface area contributed by atoms with Gasteiger partial charge in [0.05, 0.1) is 6.54 Å². The summed E-state index contributed by atoms with van der Waals surface area (Å²) < 4.78 is 11.5. The molecule has 0 saturated heterocycles. The minimum absolute atomic E-state index is 0. The minimum Gasteiger partial charge on any atom is -0.486 e. The molecule has 0 spiro atoms. The Morgan fingerprint density at radius 1 is 1.17 bits per heavy atom. The molecule has 0 amide bonds. The fraction of sp³-hybridized carbons (Fsp3) is 0.545. The molecular weight excluding hydrogens is 511 g/mol. The molecular formula is C22H31IN4O2S. The maximum Gasteiger partial charge on any atom is 0.191 e. The Morgan fingerprint density at radius 3 is 2.63 bits per heavy atom. The van der Waals surface area contributed by atoms with Gasteiger partial charge in [0.1, 0.15) is 18.2 Å². The smallest absolute Gasteiger partial charge is 0.191 e. The van der Waals surface area contributed by atoms with Crippen LogP contribution in [0.4, 0.5) is 0 Å². The fourth-order valence-electron chi connectivity index (χ4n) is 4.22. The second-order valence-corrected chi connectivity index (χ2v) is 8.90. The van der Waals surface area contributed by atoms with Crippen LogP contribution in [0.2, 0.25) is 0 Å². The SMILES string of the molecule is CCc1cnc(CNC(=NC)NCC2(c3ccc4c(c3)OCCO4)CCCC2)s1.I. The van der Waals surface area contributed by atoms with Gasteiger partial charge in [-0.15, -0.1) is 35.3 Å². The maximum absolute atomic E-state index is 5.83. The first kappa shape index (κ1) is 23.1. The van der Waals surface area contributed by atoms with Crippen LogP contribution >= 0.6 is 35.3 Å². The molecule has 164 valence electrons. The highest BCUT2D eigenvalue weighted by Crippen LogP contribution is 2.43. The molecule has 4 rings (SSSR count). The molecule has 0 radical (unpaired) electrons. The number of hydrogen-bond donors (Lipinski definition) is 2. The van der Waals surface area contributed by atoms with Gasteiger partial charge in [0.25, 0.3) is 0 Å². The molecule has 1 aromatic heterocycles. The highest BCUT2D eigenvalue weighted by molar-refractivity contribution is 14.0. The number of nitrogens with one attached hydrogen (secondary N) is 2. The third-order valence-corrected chi connectivity index (χ3v) is 7.03. The summed E-state index contributed by atoms with van der Waals surface area (Å²) >= 11 is 1.76. The molecule has 2 heterocycles. The zero-order chi connectivity index (χ0) is 20.1. The lowest BCUT2D eigenvalue weighted by atomic mass is 9.78.